The van der Waals surface area contributed by atoms with E-state index >= 15 is 0 Å². The first-order valence-electron chi connectivity index (χ1n) is 6.78. The summed E-state index contributed by atoms with van der Waals surface area (Å²) in [5.74, 6) is -0.0550. The zero-order chi connectivity index (χ0) is 14.9. The van der Waals surface area contributed by atoms with Crippen LogP contribution in [-0.4, -0.2) is 36.4 Å². The maximum atomic E-state index is 12.2. The minimum atomic E-state index is -3.03. The Bertz CT molecular complexity index is 604. The molecule has 0 radical (unpaired) electrons. The molecule has 2 heterocycles. The van der Waals surface area contributed by atoms with Crippen molar-refractivity contribution >= 4 is 21.4 Å². The van der Waals surface area contributed by atoms with Crippen molar-refractivity contribution in [2.45, 2.75) is 38.0 Å². The zero-order valence-electron chi connectivity index (χ0n) is 11.8. The number of hydrogen-bond donors (Lipinski definition) is 2. The number of amides is 1. The van der Waals surface area contributed by atoms with Gasteiger partial charge in [-0.3, -0.25) is 4.79 Å². The maximum absolute atomic E-state index is 12.2. The number of nitrogens with zero attached hydrogens (tertiary/aromatic N) is 1. The van der Waals surface area contributed by atoms with E-state index in [4.69, 9.17) is 5.73 Å². The molecular formula is C13H21N3O3S. The number of sulfone groups is 1. The Labute approximate surface area is 119 Å². The Morgan fingerprint density at radius 1 is 1.55 bits per heavy atom. The van der Waals surface area contributed by atoms with E-state index in [0.717, 1.165) is 0 Å². The van der Waals surface area contributed by atoms with E-state index in [2.05, 4.69) is 5.32 Å². The summed E-state index contributed by atoms with van der Waals surface area (Å²) in [6.45, 7) is 4.08. The number of nitrogens with one attached hydrogen (secondary N) is 1. The molecule has 112 valence electrons. The number of carbonyl (C=O) groups excluding carboxylic acids is 1. The quantitative estimate of drug-likeness (QED) is 0.865. The highest BCUT2D eigenvalue weighted by Gasteiger charge is 2.31. The Kier molecular flexibility index (Phi) is 4.08. The van der Waals surface area contributed by atoms with Crippen molar-refractivity contribution in [2.75, 3.05) is 18.0 Å². The van der Waals surface area contributed by atoms with Crippen LogP contribution in [-0.2, 0) is 9.84 Å². The zero-order valence-corrected chi connectivity index (χ0v) is 12.6. The van der Waals surface area contributed by atoms with Crippen molar-refractivity contribution in [1.29, 1.82) is 0 Å². The third kappa shape index (κ3) is 2.98. The molecule has 0 saturated carbocycles. The number of rotatable bonds is 4. The van der Waals surface area contributed by atoms with Crippen molar-refractivity contribution < 1.29 is 13.2 Å². The first-order chi connectivity index (χ1) is 9.31. The molecule has 1 aromatic rings. The second kappa shape index (κ2) is 5.47. The molecule has 1 saturated heterocycles. The van der Waals surface area contributed by atoms with Crippen LogP contribution in [0.5, 0.6) is 0 Å². The predicted molar refractivity (Wildman–Crippen MR) is 78.4 cm³/mol. The third-order valence-electron chi connectivity index (χ3n) is 3.61. The summed E-state index contributed by atoms with van der Waals surface area (Å²) in [5, 5.41) is 2.26. The van der Waals surface area contributed by atoms with Crippen LogP contribution in [0.15, 0.2) is 12.3 Å². The largest absolute Gasteiger partial charge is 0.397 e. The molecule has 20 heavy (non-hydrogen) atoms. The summed E-state index contributed by atoms with van der Waals surface area (Å²) in [6, 6.07) is 1.72. The monoisotopic (exact) mass is 299 g/mol. The molecular weight excluding hydrogens is 278 g/mol. The predicted octanol–water partition coefficient (Wildman–Crippen LogP) is 0.958. The first-order valence-corrected chi connectivity index (χ1v) is 8.50. The molecule has 1 unspecified atom stereocenters. The number of aromatic nitrogens is 1. The molecule has 1 amide bonds. The van der Waals surface area contributed by atoms with Crippen molar-refractivity contribution in [3.8, 4) is 0 Å². The van der Waals surface area contributed by atoms with E-state index < -0.39 is 15.1 Å². The first kappa shape index (κ1) is 14.9. The third-order valence-corrected chi connectivity index (χ3v) is 5.89. The van der Waals surface area contributed by atoms with Crippen LogP contribution in [0.1, 0.15) is 43.2 Å². The van der Waals surface area contributed by atoms with E-state index in [1.165, 1.54) is 0 Å². The van der Waals surface area contributed by atoms with Gasteiger partial charge >= 0.3 is 0 Å². The minimum Gasteiger partial charge on any atom is -0.397 e. The van der Waals surface area contributed by atoms with Crippen LogP contribution < -0.4 is 11.1 Å². The van der Waals surface area contributed by atoms with E-state index in [-0.39, 0.29) is 24.2 Å². The van der Waals surface area contributed by atoms with Crippen molar-refractivity contribution in [2.24, 2.45) is 0 Å². The Balaban J connectivity index is 2.06. The van der Waals surface area contributed by atoms with Gasteiger partial charge in [0.2, 0.25) is 0 Å². The van der Waals surface area contributed by atoms with E-state index in [0.29, 0.717) is 24.2 Å². The normalized spacial score (nSPS) is 21.2. The SMILES string of the molecule is CC(C)n1cc(N)cc1C(=O)NCC1CCCS1(=O)=O. The molecule has 2 rings (SSSR count). The second-order valence-electron chi connectivity index (χ2n) is 5.50. The van der Waals surface area contributed by atoms with Crippen LogP contribution >= 0.6 is 0 Å². The van der Waals surface area contributed by atoms with Crippen LogP contribution in [0, 0.1) is 0 Å². The fraction of sp³-hybridized carbons (Fsp3) is 0.615. The molecule has 0 aromatic carbocycles. The summed E-state index contributed by atoms with van der Waals surface area (Å²) >= 11 is 0. The summed E-state index contributed by atoms with van der Waals surface area (Å²) in [7, 11) is -3.03. The molecule has 1 aliphatic heterocycles. The summed E-state index contributed by atoms with van der Waals surface area (Å²) in [4.78, 5) is 12.2. The average Bonchev–Trinajstić information content (AvgIpc) is 2.89. The molecule has 3 N–H and O–H groups in total. The fourth-order valence-corrected chi connectivity index (χ4v) is 4.26. The van der Waals surface area contributed by atoms with Crippen LogP contribution in [0.25, 0.3) is 0 Å². The number of carbonyl (C=O) groups is 1. The standard InChI is InChI=1S/C13H21N3O3S/c1-9(2)16-8-10(14)6-12(16)13(17)15-7-11-4-3-5-20(11,18)19/h6,8-9,11H,3-5,7,14H2,1-2H3,(H,15,17). The van der Waals surface area contributed by atoms with Gasteiger partial charge in [-0.25, -0.2) is 8.42 Å². The highest BCUT2D eigenvalue weighted by Crippen LogP contribution is 2.20. The number of nitrogen functional groups attached to an aromatic ring is 1. The highest BCUT2D eigenvalue weighted by atomic mass is 32.2. The summed E-state index contributed by atoms with van der Waals surface area (Å²) in [6.07, 6.45) is 3.01. The number of hydrogen-bond acceptors (Lipinski definition) is 4. The van der Waals surface area contributed by atoms with Gasteiger partial charge in [0.1, 0.15) is 5.69 Å². The lowest BCUT2D eigenvalue weighted by Gasteiger charge is -2.14. The lowest BCUT2D eigenvalue weighted by Crippen LogP contribution is -2.35. The average molecular weight is 299 g/mol. The van der Waals surface area contributed by atoms with Gasteiger partial charge in [0.05, 0.1) is 16.7 Å². The van der Waals surface area contributed by atoms with Crippen molar-refractivity contribution in [3.05, 3.63) is 18.0 Å². The lowest BCUT2D eigenvalue weighted by molar-refractivity contribution is 0.0943. The number of anilines is 1. The minimum absolute atomic E-state index is 0.114. The van der Waals surface area contributed by atoms with Gasteiger partial charge < -0.3 is 15.6 Å². The van der Waals surface area contributed by atoms with Gasteiger partial charge in [0.15, 0.2) is 9.84 Å². The topological polar surface area (TPSA) is 94.2 Å². The van der Waals surface area contributed by atoms with Gasteiger partial charge in [-0.1, -0.05) is 0 Å². The Morgan fingerprint density at radius 3 is 2.80 bits per heavy atom. The van der Waals surface area contributed by atoms with Crippen molar-refractivity contribution in [3.63, 3.8) is 0 Å². The lowest BCUT2D eigenvalue weighted by atomic mass is 10.2. The molecule has 7 heteroatoms. The van der Waals surface area contributed by atoms with Gasteiger partial charge in [-0.2, -0.15) is 0 Å². The molecule has 1 aliphatic rings. The smallest absolute Gasteiger partial charge is 0.268 e. The molecule has 0 aliphatic carbocycles. The molecule has 0 spiro atoms. The van der Waals surface area contributed by atoms with E-state index in [1.807, 2.05) is 13.8 Å². The molecule has 6 nitrogen and oxygen atoms in total. The van der Waals surface area contributed by atoms with Gasteiger partial charge in [-0.05, 0) is 32.8 Å². The maximum Gasteiger partial charge on any atom is 0.268 e. The fourth-order valence-electron chi connectivity index (χ4n) is 2.49. The van der Waals surface area contributed by atoms with Gasteiger partial charge in [-0.15, -0.1) is 0 Å². The van der Waals surface area contributed by atoms with Crippen LogP contribution in [0.4, 0.5) is 5.69 Å². The molecule has 0 bridgehead atoms. The van der Waals surface area contributed by atoms with E-state index in [9.17, 15) is 13.2 Å². The van der Waals surface area contributed by atoms with Crippen LogP contribution in [0.2, 0.25) is 0 Å². The van der Waals surface area contributed by atoms with Gasteiger partial charge in [0, 0.05) is 18.8 Å². The molecule has 1 aromatic heterocycles. The van der Waals surface area contributed by atoms with Gasteiger partial charge in [0.25, 0.3) is 5.91 Å². The highest BCUT2D eigenvalue weighted by molar-refractivity contribution is 7.92. The molecule has 1 atom stereocenters. The Morgan fingerprint density at radius 2 is 2.25 bits per heavy atom. The van der Waals surface area contributed by atoms with E-state index in [1.54, 1.807) is 16.8 Å². The molecule has 1 fully saturated rings. The summed E-state index contributed by atoms with van der Waals surface area (Å²) in [5.41, 5.74) is 6.71. The van der Waals surface area contributed by atoms with Crippen LogP contribution in [0.3, 0.4) is 0 Å². The summed E-state index contributed by atoms with van der Waals surface area (Å²) < 4.78 is 25.2. The Hall–Kier alpha value is -1.50. The number of nitrogens with two attached hydrogens (primary N) is 1. The van der Waals surface area contributed by atoms with Crippen molar-refractivity contribution in [1.82, 2.24) is 9.88 Å². The second-order valence-corrected chi connectivity index (χ2v) is 7.90.